The summed E-state index contributed by atoms with van der Waals surface area (Å²) >= 11 is 5.83. The first-order valence-corrected chi connectivity index (χ1v) is 4.33. The Morgan fingerprint density at radius 1 is 1.36 bits per heavy atom. The minimum absolute atomic E-state index is 0.827. The number of benzene rings is 1. The zero-order valence-electron chi connectivity index (χ0n) is 6.26. The van der Waals surface area contributed by atoms with Crippen LogP contribution in [0.25, 0.3) is 0 Å². The Hall–Kier alpha value is -0.490. The molecule has 1 aromatic carbocycles. The van der Waals surface area contributed by atoms with Gasteiger partial charge in [-0.15, -0.1) is 0 Å². The quantitative estimate of drug-likeness (QED) is 0.631. The maximum Gasteiger partial charge on any atom is 0.0408 e. The van der Waals surface area contributed by atoms with E-state index < -0.39 is 0 Å². The van der Waals surface area contributed by atoms with Crippen molar-refractivity contribution in [1.82, 2.24) is 0 Å². The van der Waals surface area contributed by atoms with E-state index in [1.54, 1.807) is 0 Å². The van der Waals surface area contributed by atoms with Gasteiger partial charge < -0.3 is 0 Å². The average Bonchev–Trinajstić information content (AvgIpc) is 2.71. The standard InChI is InChI=1S/C10H10Cl/c11-10-3-1-2-9(7-10)6-8-4-5-8/h1-3,6-8H,4-5H2. The van der Waals surface area contributed by atoms with Crippen LogP contribution in [0, 0.1) is 12.3 Å². The Kier molecular flexibility index (Phi) is 1.87. The molecule has 11 heavy (non-hydrogen) atoms. The van der Waals surface area contributed by atoms with E-state index >= 15 is 0 Å². The van der Waals surface area contributed by atoms with Crippen molar-refractivity contribution < 1.29 is 0 Å². The number of rotatable bonds is 2. The van der Waals surface area contributed by atoms with Crippen LogP contribution in [0.4, 0.5) is 0 Å². The molecule has 1 saturated carbocycles. The molecule has 0 atom stereocenters. The lowest BCUT2D eigenvalue weighted by atomic mass is 10.1. The Bertz CT molecular complexity index is 251. The third-order valence-electron chi connectivity index (χ3n) is 1.90. The molecule has 0 bridgehead atoms. The third kappa shape index (κ3) is 1.97. The van der Waals surface area contributed by atoms with Gasteiger partial charge in [0.25, 0.3) is 0 Å². The highest BCUT2D eigenvalue weighted by Gasteiger charge is 2.21. The lowest BCUT2D eigenvalue weighted by molar-refractivity contribution is 1.03. The van der Waals surface area contributed by atoms with E-state index in [0.717, 1.165) is 10.9 Å². The van der Waals surface area contributed by atoms with Crippen LogP contribution in [0.3, 0.4) is 0 Å². The molecule has 1 aliphatic rings. The molecule has 0 amide bonds. The molecule has 1 fully saturated rings. The molecule has 1 aliphatic carbocycles. The Balaban J connectivity index is 2.10. The van der Waals surface area contributed by atoms with Crippen molar-refractivity contribution in [2.24, 2.45) is 5.92 Å². The highest BCUT2D eigenvalue weighted by atomic mass is 35.5. The normalized spacial score (nSPS) is 16.8. The van der Waals surface area contributed by atoms with Gasteiger partial charge in [-0.3, -0.25) is 0 Å². The van der Waals surface area contributed by atoms with Gasteiger partial charge >= 0.3 is 0 Å². The molecule has 0 heterocycles. The van der Waals surface area contributed by atoms with Crippen LogP contribution in [0.5, 0.6) is 0 Å². The maximum absolute atomic E-state index is 5.83. The molecular formula is C10H10Cl. The van der Waals surface area contributed by atoms with Crippen molar-refractivity contribution in [3.63, 3.8) is 0 Å². The molecule has 1 radical (unpaired) electrons. The van der Waals surface area contributed by atoms with E-state index in [1.165, 1.54) is 18.4 Å². The topological polar surface area (TPSA) is 0 Å². The molecular weight excluding hydrogens is 156 g/mol. The molecule has 0 aliphatic heterocycles. The highest BCUT2D eigenvalue weighted by molar-refractivity contribution is 6.30. The van der Waals surface area contributed by atoms with Crippen LogP contribution in [-0.2, 0) is 0 Å². The van der Waals surface area contributed by atoms with Gasteiger partial charge in [-0.1, -0.05) is 23.7 Å². The zero-order valence-corrected chi connectivity index (χ0v) is 7.01. The van der Waals surface area contributed by atoms with Crippen molar-refractivity contribution in [3.05, 3.63) is 41.3 Å². The van der Waals surface area contributed by atoms with Crippen LogP contribution in [0.2, 0.25) is 5.02 Å². The Labute approximate surface area is 72.2 Å². The van der Waals surface area contributed by atoms with Gasteiger partial charge in [0.05, 0.1) is 0 Å². The summed E-state index contributed by atoms with van der Waals surface area (Å²) in [5.41, 5.74) is 1.26. The minimum Gasteiger partial charge on any atom is -0.0843 e. The van der Waals surface area contributed by atoms with Crippen LogP contribution >= 0.6 is 11.6 Å². The molecule has 57 valence electrons. The summed E-state index contributed by atoms with van der Waals surface area (Å²) < 4.78 is 0. The van der Waals surface area contributed by atoms with Gasteiger partial charge in [0.1, 0.15) is 0 Å². The third-order valence-corrected chi connectivity index (χ3v) is 2.13. The highest BCUT2D eigenvalue weighted by Crippen LogP contribution is 2.34. The Morgan fingerprint density at radius 3 is 2.82 bits per heavy atom. The fourth-order valence-corrected chi connectivity index (χ4v) is 1.34. The van der Waals surface area contributed by atoms with Crippen molar-refractivity contribution in [3.8, 4) is 0 Å². The maximum atomic E-state index is 5.83. The lowest BCUT2D eigenvalue weighted by Gasteiger charge is -1.97. The van der Waals surface area contributed by atoms with E-state index in [1.807, 2.05) is 18.2 Å². The second-order valence-corrected chi connectivity index (χ2v) is 3.50. The van der Waals surface area contributed by atoms with E-state index in [0.29, 0.717) is 0 Å². The summed E-state index contributed by atoms with van der Waals surface area (Å²) in [4.78, 5) is 0. The molecule has 1 heteroatoms. The molecule has 1 aromatic rings. The van der Waals surface area contributed by atoms with Crippen molar-refractivity contribution in [2.45, 2.75) is 12.8 Å². The smallest absolute Gasteiger partial charge is 0.0408 e. The van der Waals surface area contributed by atoms with Crippen LogP contribution < -0.4 is 0 Å². The summed E-state index contributed by atoms with van der Waals surface area (Å²) in [6.07, 6.45) is 5.00. The summed E-state index contributed by atoms with van der Waals surface area (Å²) in [5.74, 6) is 0.827. The number of hydrogen-bond donors (Lipinski definition) is 0. The largest absolute Gasteiger partial charge is 0.0843 e. The van der Waals surface area contributed by atoms with E-state index in [4.69, 9.17) is 11.6 Å². The fourth-order valence-electron chi connectivity index (χ4n) is 1.15. The van der Waals surface area contributed by atoms with Crippen LogP contribution in [0.15, 0.2) is 24.3 Å². The number of halogens is 1. The summed E-state index contributed by atoms with van der Waals surface area (Å²) in [5, 5.41) is 0.833. The second kappa shape index (κ2) is 2.86. The fraction of sp³-hybridized carbons (Fsp3) is 0.300. The molecule has 0 aromatic heterocycles. The van der Waals surface area contributed by atoms with Crippen LogP contribution in [0.1, 0.15) is 18.4 Å². The minimum atomic E-state index is 0.827. The number of hydrogen-bond acceptors (Lipinski definition) is 0. The Morgan fingerprint density at radius 2 is 2.18 bits per heavy atom. The summed E-state index contributed by atoms with van der Waals surface area (Å²) in [6, 6.07) is 8.02. The molecule has 0 unspecified atom stereocenters. The first-order chi connectivity index (χ1) is 5.34. The van der Waals surface area contributed by atoms with E-state index in [2.05, 4.69) is 12.5 Å². The molecule has 2 rings (SSSR count). The zero-order chi connectivity index (χ0) is 7.68. The van der Waals surface area contributed by atoms with Crippen LogP contribution in [-0.4, -0.2) is 0 Å². The van der Waals surface area contributed by atoms with Gasteiger partial charge in [-0.2, -0.15) is 0 Å². The SMILES string of the molecule is Clc1cccc([CH]C2CC2)c1. The van der Waals surface area contributed by atoms with Gasteiger partial charge in [0, 0.05) is 5.02 Å². The average molecular weight is 166 g/mol. The first-order valence-electron chi connectivity index (χ1n) is 3.95. The molecule has 0 N–H and O–H groups in total. The van der Waals surface area contributed by atoms with Gasteiger partial charge in [0.15, 0.2) is 0 Å². The summed E-state index contributed by atoms with van der Waals surface area (Å²) in [7, 11) is 0. The second-order valence-electron chi connectivity index (χ2n) is 3.06. The van der Waals surface area contributed by atoms with Crippen molar-refractivity contribution >= 4 is 11.6 Å². The monoisotopic (exact) mass is 165 g/mol. The predicted octanol–water partition coefficient (Wildman–Crippen LogP) is 3.30. The van der Waals surface area contributed by atoms with Gasteiger partial charge in [0.2, 0.25) is 0 Å². The molecule has 0 saturated heterocycles. The first kappa shape index (κ1) is 7.17. The predicted molar refractivity (Wildman–Crippen MR) is 47.6 cm³/mol. The van der Waals surface area contributed by atoms with E-state index in [9.17, 15) is 0 Å². The summed E-state index contributed by atoms with van der Waals surface area (Å²) in [6.45, 7) is 0. The van der Waals surface area contributed by atoms with Crippen molar-refractivity contribution in [1.29, 1.82) is 0 Å². The molecule has 0 spiro atoms. The lowest BCUT2D eigenvalue weighted by Crippen LogP contribution is -1.81. The molecule has 0 nitrogen and oxygen atoms in total. The van der Waals surface area contributed by atoms with Gasteiger partial charge in [-0.25, -0.2) is 0 Å². The van der Waals surface area contributed by atoms with Crippen molar-refractivity contribution in [2.75, 3.05) is 0 Å². The van der Waals surface area contributed by atoms with Gasteiger partial charge in [-0.05, 0) is 42.9 Å². The van der Waals surface area contributed by atoms with E-state index in [-0.39, 0.29) is 0 Å².